The highest BCUT2D eigenvalue weighted by Gasteiger charge is 2.52. The van der Waals surface area contributed by atoms with E-state index in [1.54, 1.807) is 20.0 Å². The zero-order chi connectivity index (χ0) is 23.3. The average Bonchev–Trinajstić information content (AvgIpc) is 3.33. The minimum atomic E-state index is -0.894. The Bertz CT molecular complexity index is 1320. The molecular formula is C22H25N5O6. The number of carbonyl (C=O) groups is 1. The van der Waals surface area contributed by atoms with Gasteiger partial charge in [-0.05, 0) is 32.9 Å². The topological polar surface area (TPSA) is 129 Å². The van der Waals surface area contributed by atoms with Crippen LogP contribution in [0.4, 0.5) is 0 Å². The summed E-state index contributed by atoms with van der Waals surface area (Å²) in [4.78, 5) is 43.2. The molecule has 0 aromatic carbocycles. The number of aromatic nitrogens is 4. The van der Waals surface area contributed by atoms with Gasteiger partial charge >= 0.3 is 5.69 Å². The summed E-state index contributed by atoms with van der Waals surface area (Å²) >= 11 is 0. The number of amides is 1. The lowest BCUT2D eigenvalue weighted by Gasteiger charge is -2.37. The van der Waals surface area contributed by atoms with Crippen LogP contribution >= 0.6 is 0 Å². The number of hydrogen-bond acceptors (Lipinski definition) is 7. The second-order valence-electron chi connectivity index (χ2n) is 8.75. The van der Waals surface area contributed by atoms with E-state index in [-0.39, 0.29) is 19.1 Å². The van der Waals surface area contributed by atoms with Crippen LogP contribution in [0, 0.1) is 6.92 Å². The van der Waals surface area contributed by atoms with E-state index >= 15 is 0 Å². The predicted molar refractivity (Wildman–Crippen MR) is 116 cm³/mol. The molecule has 3 aromatic rings. The number of hydrogen-bond donors (Lipinski definition) is 2. The third-order valence-corrected chi connectivity index (χ3v) is 5.99. The predicted octanol–water partition coefficient (Wildman–Crippen LogP) is 0.383. The molecule has 0 unspecified atom stereocenters. The number of aryl methyl sites for hydroxylation is 1. The number of imidazole rings is 1. The van der Waals surface area contributed by atoms with Crippen molar-refractivity contribution in [3.63, 3.8) is 0 Å². The number of H-pyrrole nitrogens is 1. The highest BCUT2D eigenvalue weighted by molar-refractivity contribution is 5.92. The molecule has 174 valence electrons. The summed E-state index contributed by atoms with van der Waals surface area (Å²) in [5, 5.41) is 2.87. The van der Waals surface area contributed by atoms with Crippen LogP contribution in [0.2, 0.25) is 0 Å². The summed E-state index contributed by atoms with van der Waals surface area (Å²) in [7, 11) is 0. The first-order valence-electron chi connectivity index (χ1n) is 10.7. The van der Waals surface area contributed by atoms with Crippen LogP contribution in [-0.4, -0.2) is 62.1 Å². The van der Waals surface area contributed by atoms with E-state index in [2.05, 4.69) is 15.3 Å². The molecule has 2 N–H and O–H groups in total. The van der Waals surface area contributed by atoms with E-state index in [1.165, 1.54) is 16.8 Å². The zero-order valence-corrected chi connectivity index (χ0v) is 18.5. The SMILES string of the molecule is Cc1cccc2nc(C(=O)NC[C@H]3OC[C@@H](n4ccc(=O)[nH]c4=O)[C@@H]4OC(C)(C)O[C@@H]43)cn12. The fourth-order valence-electron chi connectivity index (χ4n) is 4.46. The van der Waals surface area contributed by atoms with Crippen molar-refractivity contribution in [1.82, 2.24) is 24.3 Å². The van der Waals surface area contributed by atoms with E-state index in [1.807, 2.05) is 29.5 Å². The molecule has 0 aliphatic carbocycles. The maximum absolute atomic E-state index is 12.8. The van der Waals surface area contributed by atoms with Gasteiger partial charge in [0.2, 0.25) is 0 Å². The number of nitrogens with one attached hydrogen (secondary N) is 2. The van der Waals surface area contributed by atoms with Gasteiger partial charge in [0.1, 0.15) is 29.7 Å². The minimum absolute atomic E-state index is 0.153. The maximum atomic E-state index is 12.8. The molecule has 0 spiro atoms. The Morgan fingerprint density at radius 3 is 2.79 bits per heavy atom. The molecule has 1 amide bonds. The van der Waals surface area contributed by atoms with Gasteiger partial charge in [0, 0.05) is 30.7 Å². The lowest BCUT2D eigenvalue weighted by Crippen LogP contribution is -2.54. The first-order chi connectivity index (χ1) is 15.7. The Hall–Kier alpha value is -3.28. The van der Waals surface area contributed by atoms with Crippen LogP contribution in [0.5, 0.6) is 0 Å². The van der Waals surface area contributed by atoms with Crippen molar-refractivity contribution in [1.29, 1.82) is 0 Å². The van der Waals surface area contributed by atoms with Gasteiger partial charge < -0.3 is 23.9 Å². The van der Waals surface area contributed by atoms with Gasteiger partial charge in [-0.1, -0.05) is 6.07 Å². The van der Waals surface area contributed by atoms with E-state index in [9.17, 15) is 14.4 Å². The Labute approximate surface area is 188 Å². The number of fused-ring (bicyclic) bond motifs is 2. The number of carbonyl (C=O) groups excluding carboxylic acids is 1. The summed E-state index contributed by atoms with van der Waals surface area (Å²) in [6, 6.07) is 6.45. The molecule has 2 aliphatic heterocycles. The van der Waals surface area contributed by atoms with Crippen molar-refractivity contribution < 1.29 is 19.0 Å². The number of aromatic amines is 1. The molecule has 33 heavy (non-hydrogen) atoms. The smallest absolute Gasteiger partial charge is 0.328 e. The molecule has 0 saturated carbocycles. The molecule has 2 fully saturated rings. The van der Waals surface area contributed by atoms with Crippen molar-refractivity contribution in [3.05, 3.63) is 68.9 Å². The van der Waals surface area contributed by atoms with E-state index < -0.39 is 41.4 Å². The molecule has 2 saturated heterocycles. The molecule has 11 heteroatoms. The fraction of sp³-hybridized carbons (Fsp3) is 0.455. The summed E-state index contributed by atoms with van der Waals surface area (Å²) in [5.41, 5.74) is 0.948. The average molecular weight is 455 g/mol. The molecule has 5 heterocycles. The van der Waals surface area contributed by atoms with Crippen molar-refractivity contribution in [2.45, 2.75) is 50.9 Å². The third kappa shape index (κ3) is 3.99. The van der Waals surface area contributed by atoms with Crippen LogP contribution in [0.15, 0.2) is 46.2 Å². The van der Waals surface area contributed by atoms with Gasteiger partial charge in [-0.15, -0.1) is 0 Å². The van der Waals surface area contributed by atoms with Crippen LogP contribution < -0.4 is 16.6 Å². The Kier molecular flexibility index (Phi) is 5.19. The molecular weight excluding hydrogens is 430 g/mol. The Balaban J connectivity index is 1.33. The van der Waals surface area contributed by atoms with Crippen LogP contribution in [0.1, 0.15) is 36.1 Å². The van der Waals surface area contributed by atoms with Crippen molar-refractivity contribution in [2.75, 3.05) is 13.2 Å². The first kappa shape index (κ1) is 21.6. The standard InChI is InChI=1S/C22H25N5O6/c1-12-5-4-6-16-24-13(10-27(12)16)20(29)23-9-15-19-18(32-22(2,3)33-19)14(11-31-15)26-8-7-17(28)25-21(26)30/h4-8,10,14-15,18-19H,9,11H2,1-3H3,(H,23,29)(H,25,28,30)/t14-,15-,18+,19-/m1/s1. The molecule has 5 rings (SSSR count). The molecule has 11 nitrogen and oxygen atoms in total. The normalized spacial score (nSPS) is 26.3. The van der Waals surface area contributed by atoms with E-state index in [4.69, 9.17) is 14.2 Å². The lowest BCUT2D eigenvalue weighted by atomic mass is 9.97. The lowest BCUT2D eigenvalue weighted by molar-refractivity contribution is -0.153. The summed E-state index contributed by atoms with van der Waals surface area (Å²) in [6.07, 6.45) is 1.60. The zero-order valence-electron chi connectivity index (χ0n) is 18.5. The molecule has 0 radical (unpaired) electrons. The van der Waals surface area contributed by atoms with Crippen LogP contribution in [0.3, 0.4) is 0 Å². The largest absolute Gasteiger partial charge is 0.371 e. The minimum Gasteiger partial charge on any atom is -0.371 e. The number of rotatable bonds is 4. The fourth-order valence-corrected chi connectivity index (χ4v) is 4.46. The van der Waals surface area contributed by atoms with Crippen molar-refractivity contribution in [3.8, 4) is 0 Å². The monoisotopic (exact) mass is 455 g/mol. The summed E-state index contributed by atoms with van der Waals surface area (Å²) in [6.45, 7) is 5.84. The number of pyridine rings is 1. The van der Waals surface area contributed by atoms with E-state index in [0.717, 1.165) is 5.69 Å². The molecule has 0 bridgehead atoms. The number of nitrogens with zero attached hydrogens (tertiary/aromatic N) is 3. The third-order valence-electron chi connectivity index (χ3n) is 5.99. The Morgan fingerprint density at radius 2 is 2.03 bits per heavy atom. The number of ether oxygens (including phenoxy) is 3. The summed E-state index contributed by atoms with van der Waals surface area (Å²) < 4.78 is 21.4. The molecule has 4 atom stereocenters. The maximum Gasteiger partial charge on any atom is 0.328 e. The summed E-state index contributed by atoms with van der Waals surface area (Å²) in [5.74, 6) is -1.22. The first-order valence-corrected chi connectivity index (χ1v) is 10.7. The van der Waals surface area contributed by atoms with Gasteiger partial charge in [0.15, 0.2) is 5.79 Å². The van der Waals surface area contributed by atoms with Crippen molar-refractivity contribution >= 4 is 11.6 Å². The van der Waals surface area contributed by atoms with E-state index in [0.29, 0.717) is 11.3 Å². The van der Waals surface area contributed by atoms with Gasteiger partial charge in [-0.2, -0.15) is 0 Å². The molecule has 2 aliphatic rings. The quantitative estimate of drug-likeness (QED) is 0.582. The van der Waals surface area contributed by atoms with Gasteiger partial charge in [-0.3, -0.25) is 19.1 Å². The van der Waals surface area contributed by atoms with Crippen LogP contribution in [-0.2, 0) is 14.2 Å². The highest BCUT2D eigenvalue weighted by Crippen LogP contribution is 2.39. The van der Waals surface area contributed by atoms with Crippen LogP contribution in [0.25, 0.3) is 5.65 Å². The van der Waals surface area contributed by atoms with Crippen molar-refractivity contribution in [2.24, 2.45) is 0 Å². The van der Waals surface area contributed by atoms with Gasteiger partial charge in [-0.25, -0.2) is 9.78 Å². The second kappa shape index (κ2) is 7.94. The second-order valence-corrected chi connectivity index (χ2v) is 8.75. The Morgan fingerprint density at radius 1 is 1.24 bits per heavy atom. The highest BCUT2D eigenvalue weighted by atomic mass is 16.8. The molecule has 3 aromatic heterocycles. The van der Waals surface area contributed by atoms with Gasteiger partial charge in [0.05, 0.1) is 12.6 Å². The van der Waals surface area contributed by atoms with Gasteiger partial charge in [0.25, 0.3) is 11.5 Å².